The van der Waals surface area contributed by atoms with E-state index in [0.717, 1.165) is 24.3 Å². The molecule has 0 bridgehead atoms. The van der Waals surface area contributed by atoms with Crippen molar-refractivity contribution in [2.24, 2.45) is 5.73 Å². The van der Waals surface area contributed by atoms with E-state index in [1.165, 1.54) is 22.3 Å². The molecule has 0 radical (unpaired) electrons. The lowest BCUT2D eigenvalue weighted by atomic mass is 9.95. The quantitative estimate of drug-likeness (QED) is 0.916. The number of fused-ring (bicyclic) bond motifs is 1. The second kappa shape index (κ2) is 5.29. The Hall–Kier alpha value is -1.80. The van der Waals surface area contributed by atoms with Crippen molar-refractivity contribution < 1.29 is 4.74 Å². The minimum atomic E-state index is 0.528. The molecule has 0 fully saturated rings. The zero-order valence-electron chi connectivity index (χ0n) is 12.1. The lowest BCUT2D eigenvalue weighted by molar-refractivity contribution is 0.353. The molecule has 0 aromatic heterocycles. The standard InChI is InChI=1S/C18H21NO/c1-12(2)13-3-5-14(6-4-13)16-9-15-7-8-20-18(15)17(10-16)11-19/h3-6,9-10,12H,7-8,11,19H2,1-2H3. The molecule has 2 aromatic rings. The number of ether oxygens (including phenoxy) is 1. The molecule has 0 spiro atoms. The molecule has 3 rings (SSSR count). The number of nitrogens with two attached hydrogens (primary N) is 1. The third kappa shape index (κ3) is 2.32. The van der Waals surface area contributed by atoms with Crippen molar-refractivity contribution in [1.29, 1.82) is 0 Å². The van der Waals surface area contributed by atoms with Gasteiger partial charge in [0.25, 0.3) is 0 Å². The van der Waals surface area contributed by atoms with Gasteiger partial charge >= 0.3 is 0 Å². The van der Waals surface area contributed by atoms with Crippen molar-refractivity contribution in [1.82, 2.24) is 0 Å². The number of rotatable bonds is 3. The van der Waals surface area contributed by atoms with E-state index in [1.807, 2.05) is 0 Å². The molecule has 104 valence electrons. The molecular formula is C18H21NO. The van der Waals surface area contributed by atoms with Crippen LogP contribution < -0.4 is 10.5 Å². The Kier molecular flexibility index (Phi) is 3.49. The van der Waals surface area contributed by atoms with Gasteiger partial charge in [-0.05, 0) is 40.3 Å². The first-order chi connectivity index (χ1) is 9.69. The first-order valence-electron chi connectivity index (χ1n) is 7.28. The maximum absolute atomic E-state index is 5.85. The topological polar surface area (TPSA) is 35.2 Å². The summed E-state index contributed by atoms with van der Waals surface area (Å²) in [5.41, 5.74) is 12.1. The highest BCUT2D eigenvalue weighted by Gasteiger charge is 2.17. The second-order valence-corrected chi connectivity index (χ2v) is 5.70. The normalized spacial score (nSPS) is 13.4. The molecule has 0 saturated carbocycles. The van der Waals surface area contributed by atoms with E-state index in [9.17, 15) is 0 Å². The summed E-state index contributed by atoms with van der Waals surface area (Å²) in [6, 6.07) is 13.2. The maximum atomic E-state index is 5.85. The van der Waals surface area contributed by atoms with Gasteiger partial charge in [0.05, 0.1) is 6.61 Å². The van der Waals surface area contributed by atoms with Crippen LogP contribution in [0.1, 0.15) is 36.5 Å². The van der Waals surface area contributed by atoms with E-state index < -0.39 is 0 Å². The van der Waals surface area contributed by atoms with Crippen LogP contribution in [0, 0.1) is 0 Å². The molecule has 0 saturated heterocycles. The fraction of sp³-hybridized carbons (Fsp3) is 0.333. The summed E-state index contributed by atoms with van der Waals surface area (Å²) in [5.74, 6) is 1.58. The van der Waals surface area contributed by atoms with Crippen LogP contribution in [0.3, 0.4) is 0 Å². The van der Waals surface area contributed by atoms with Gasteiger partial charge in [-0.1, -0.05) is 38.1 Å². The fourth-order valence-corrected chi connectivity index (χ4v) is 2.77. The highest BCUT2D eigenvalue weighted by atomic mass is 16.5. The van der Waals surface area contributed by atoms with E-state index in [1.54, 1.807) is 0 Å². The Morgan fingerprint density at radius 3 is 2.50 bits per heavy atom. The predicted octanol–water partition coefficient (Wildman–Crippen LogP) is 3.87. The molecule has 1 heterocycles. The highest BCUT2D eigenvalue weighted by molar-refractivity contribution is 5.68. The molecule has 1 aliphatic heterocycles. The zero-order chi connectivity index (χ0) is 14.1. The molecule has 2 heteroatoms. The summed E-state index contributed by atoms with van der Waals surface area (Å²) < 4.78 is 5.68. The summed E-state index contributed by atoms with van der Waals surface area (Å²) >= 11 is 0. The van der Waals surface area contributed by atoms with Crippen LogP contribution in [0.15, 0.2) is 36.4 Å². The molecule has 1 aliphatic rings. The largest absolute Gasteiger partial charge is 0.493 e. The summed E-state index contributed by atoms with van der Waals surface area (Å²) in [6.45, 7) is 5.74. The van der Waals surface area contributed by atoms with E-state index >= 15 is 0 Å². The van der Waals surface area contributed by atoms with Crippen LogP contribution >= 0.6 is 0 Å². The first-order valence-corrected chi connectivity index (χ1v) is 7.28. The van der Waals surface area contributed by atoms with Gasteiger partial charge in [-0.2, -0.15) is 0 Å². The Bertz CT molecular complexity index is 614. The van der Waals surface area contributed by atoms with Crippen molar-refractivity contribution in [3.05, 3.63) is 53.1 Å². The van der Waals surface area contributed by atoms with Crippen LogP contribution in [0.4, 0.5) is 0 Å². The number of hydrogen-bond acceptors (Lipinski definition) is 2. The van der Waals surface area contributed by atoms with Gasteiger partial charge in [-0.25, -0.2) is 0 Å². The first kappa shape index (κ1) is 13.2. The summed E-state index contributed by atoms with van der Waals surface area (Å²) in [5, 5.41) is 0. The van der Waals surface area contributed by atoms with Crippen molar-refractivity contribution in [2.45, 2.75) is 32.7 Å². The molecular weight excluding hydrogens is 246 g/mol. The average molecular weight is 267 g/mol. The summed E-state index contributed by atoms with van der Waals surface area (Å²) in [7, 11) is 0. The monoisotopic (exact) mass is 267 g/mol. The zero-order valence-corrected chi connectivity index (χ0v) is 12.1. The van der Waals surface area contributed by atoms with E-state index in [4.69, 9.17) is 10.5 Å². The summed E-state index contributed by atoms with van der Waals surface area (Å²) in [6.07, 6.45) is 0.986. The van der Waals surface area contributed by atoms with Gasteiger partial charge in [-0.15, -0.1) is 0 Å². The van der Waals surface area contributed by atoms with E-state index in [0.29, 0.717) is 12.5 Å². The molecule has 0 unspecified atom stereocenters. The average Bonchev–Trinajstić information content (AvgIpc) is 2.94. The van der Waals surface area contributed by atoms with E-state index in [-0.39, 0.29) is 0 Å². The van der Waals surface area contributed by atoms with Gasteiger partial charge in [-0.3, -0.25) is 0 Å². The number of hydrogen-bond donors (Lipinski definition) is 1. The van der Waals surface area contributed by atoms with Crippen LogP contribution in [0.25, 0.3) is 11.1 Å². The molecule has 2 nitrogen and oxygen atoms in total. The smallest absolute Gasteiger partial charge is 0.127 e. The molecule has 0 amide bonds. The molecule has 2 N–H and O–H groups in total. The van der Waals surface area contributed by atoms with Crippen LogP contribution in [0.2, 0.25) is 0 Å². The lowest BCUT2D eigenvalue weighted by Crippen LogP contribution is -2.00. The van der Waals surface area contributed by atoms with E-state index in [2.05, 4.69) is 50.2 Å². The summed E-state index contributed by atoms with van der Waals surface area (Å²) in [4.78, 5) is 0. The van der Waals surface area contributed by atoms with Crippen LogP contribution in [0.5, 0.6) is 5.75 Å². The Morgan fingerprint density at radius 2 is 1.85 bits per heavy atom. The molecule has 0 atom stereocenters. The lowest BCUT2D eigenvalue weighted by Gasteiger charge is -2.11. The maximum Gasteiger partial charge on any atom is 0.127 e. The van der Waals surface area contributed by atoms with Gasteiger partial charge in [0.1, 0.15) is 5.75 Å². The minimum Gasteiger partial charge on any atom is -0.493 e. The predicted molar refractivity (Wildman–Crippen MR) is 83.1 cm³/mol. The van der Waals surface area contributed by atoms with Crippen LogP contribution in [-0.2, 0) is 13.0 Å². The Labute approximate surface area is 120 Å². The van der Waals surface area contributed by atoms with Gasteiger partial charge < -0.3 is 10.5 Å². The van der Waals surface area contributed by atoms with Gasteiger partial charge in [0.15, 0.2) is 0 Å². The SMILES string of the molecule is CC(C)c1ccc(-c2cc(CN)c3c(c2)CCO3)cc1. The minimum absolute atomic E-state index is 0.528. The fourth-order valence-electron chi connectivity index (χ4n) is 2.77. The number of benzene rings is 2. The van der Waals surface area contributed by atoms with Gasteiger partial charge in [0, 0.05) is 18.5 Å². The molecule has 2 aromatic carbocycles. The third-order valence-corrected chi connectivity index (χ3v) is 3.99. The van der Waals surface area contributed by atoms with Gasteiger partial charge in [0.2, 0.25) is 0 Å². The highest BCUT2D eigenvalue weighted by Crippen LogP contribution is 2.34. The molecule has 20 heavy (non-hydrogen) atoms. The Balaban J connectivity index is 2.02. The second-order valence-electron chi connectivity index (χ2n) is 5.70. The molecule has 0 aliphatic carbocycles. The van der Waals surface area contributed by atoms with Crippen molar-refractivity contribution >= 4 is 0 Å². The Morgan fingerprint density at radius 1 is 1.10 bits per heavy atom. The third-order valence-electron chi connectivity index (χ3n) is 3.99. The van der Waals surface area contributed by atoms with Crippen molar-refractivity contribution in [3.63, 3.8) is 0 Å². The van der Waals surface area contributed by atoms with Crippen molar-refractivity contribution in [3.8, 4) is 16.9 Å². The van der Waals surface area contributed by atoms with Crippen LogP contribution in [-0.4, -0.2) is 6.61 Å². The van der Waals surface area contributed by atoms with Crippen molar-refractivity contribution in [2.75, 3.05) is 6.61 Å².